The van der Waals surface area contributed by atoms with Crippen molar-refractivity contribution in [3.05, 3.63) is 64.2 Å². The van der Waals surface area contributed by atoms with Crippen molar-refractivity contribution in [2.75, 3.05) is 6.54 Å². The van der Waals surface area contributed by atoms with Gasteiger partial charge in [-0.15, -0.1) is 0 Å². The number of H-pyrrole nitrogens is 1. The van der Waals surface area contributed by atoms with E-state index in [0.717, 1.165) is 15.7 Å². The molecule has 118 valence electrons. The van der Waals surface area contributed by atoms with Crippen molar-refractivity contribution in [1.29, 1.82) is 0 Å². The number of halogens is 1. The highest BCUT2D eigenvalue weighted by atomic mass is 79.9. The molecular weight excluding hydrogens is 358 g/mol. The lowest BCUT2D eigenvalue weighted by atomic mass is 10.1. The zero-order valence-electron chi connectivity index (χ0n) is 12.6. The predicted octanol–water partition coefficient (Wildman–Crippen LogP) is 3.71. The average molecular weight is 374 g/mol. The van der Waals surface area contributed by atoms with Crippen molar-refractivity contribution >= 4 is 21.8 Å². The summed E-state index contributed by atoms with van der Waals surface area (Å²) in [7, 11) is 0. The first-order valence-electron chi connectivity index (χ1n) is 7.25. The van der Waals surface area contributed by atoms with Crippen LogP contribution in [0.1, 0.15) is 21.7 Å². The SMILES string of the molecule is Cc1ccc(-c2nc(CCNC(=O)c3cc(Br)c[nH]3)co2)cc1. The van der Waals surface area contributed by atoms with Crippen LogP contribution in [-0.2, 0) is 6.42 Å². The Morgan fingerprint density at radius 2 is 2.13 bits per heavy atom. The third-order valence-electron chi connectivity index (χ3n) is 3.41. The second kappa shape index (κ2) is 6.83. The van der Waals surface area contributed by atoms with Crippen molar-refractivity contribution in [2.24, 2.45) is 0 Å². The maximum atomic E-state index is 11.9. The van der Waals surface area contributed by atoms with Crippen molar-refractivity contribution in [2.45, 2.75) is 13.3 Å². The van der Waals surface area contributed by atoms with Gasteiger partial charge in [-0.1, -0.05) is 17.7 Å². The minimum absolute atomic E-state index is 0.141. The zero-order chi connectivity index (χ0) is 16.2. The average Bonchev–Trinajstić information content (AvgIpc) is 3.17. The Morgan fingerprint density at radius 1 is 1.35 bits per heavy atom. The normalized spacial score (nSPS) is 10.7. The second-order valence-electron chi connectivity index (χ2n) is 5.25. The van der Waals surface area contributed by atoms with Crippen LogP contribution in [0.25, 0.3) is 11.5 Å². The molecule has 0 aliphatic carbocycles. The maximum Gasteiger partial charge on any atom is 0.267 e. The molecule has 0 saturated heterocycles. The maximum absolute atomic E-state index is 11.9. The van der Waals surface area contributed by atoms with Gasteiger partial charge < -0.3 is 14.7 Å². The van der Waals surface area contributed by atoms with Gasteiger partial charge in [0.1, 0.15) is 12.0 Å². The lowest BCUT2D eigenvalue weighted by molar-refractivity contribution is 0.0949. The number of hydrogen-bond donors (Lipinski definition) is 2. The molecular formula is C17H16BrN3O2. The number of amides is 1. The van der Waals surface area contributed by atoms with E-state index in [1.165, 1.54) is 5.56 Å². The van der Waals surface area contributed by atoms with E-state index >= 15 is 0 Å². The van der Waals surface area contributed by atoms with E-state index < -0.39 is 0 Å². The van der Waals surface area contributed by atoms with Crippen molar-refractivity contribution in [3.63, 3.8) is 0 Å². The molecule has 0 spiro atoms. The van der Waals surface area contributed by atoms with E-state index in [0.29, 0.717) is 24.6 Å². The summed E-state index contributed by atoms with van der Waals surface area (Å²) in [4.78, 5) is 19.2. The van der Waals surface area contributed by atoms with Gasteiger partial charge >= 0.3 is 0 Å². The largest absolute Gasteiger partial charge is 0.444 e. The number of carbonyl (C=O) groups excluding carboxylic acids is 1. The summed E-state index contributed by atoms with van der Waals surface area (Å²) < 4.78 is 6.35. The molecule has 0 bridgehead atoms. The Morgan fingerprint density at radius 3 is 2.83 bits per heavy atom. The number of nitrogens with zero attached hydrogens (tertiary/aromatic N) is 1. The smallest absolute Gasteiger partial charge is 0.267 e. The molecule has 0 aliphatic heterocycles. The van der Waals surface area contributed by atoms with E-state index in [4.69, 9.17) is 4.42 Å². The Balaban J connectivity index is 1.55. The van der Waals surface area contributed by atoms with Gasteiger partial charge in [0.05, 0.1) is 5.69 Å². The Labute approximate surface area is 142 Å². The molecule has 0 saturated carbocycles. The second-order valence-corrected chi connectivity index (χ2v) is 6.16. The third-order valence-corrected chi connectivity index (χ3v) is 3.87. The summed E-state index contributed by atoms with van der Waals surface area (Å²) >= 11 is 3.30. The molecule has 0 fully saturated rings. The highest BCUT2D eigenvalue weighted by Crippen LogP contribution is 2.19. The number of aromatic nitrogens is 2. The van der Waals surface area contributed by atoms with Crippen molar-refractivity contribution < 1.29 is 9.21 Å². The van der Waals surface area contributed by atoms with Gasteiger partial charge in [-0.2, -0.15) is 0 Å². The molecule has 3 rings (SSSR count). The van der Waals surface area contributed by atoms with E-state index in [9.17, 15) is 4.79 Å². The van der Waals surface area contributed by atoms with Crippen LogP contribution < -0.4 is 5.32 Å². The number of hydrogen-bond acceptors (Lipinski definition) is 3. The summed E-state index contributed by atoms with van der Waals surface area (Å²) in [6.07, 6.45) is 3.97. The van der Waals surface area contributed by atoms with E-state index in [1.54, 1.807) is 18.5 Å². The lowest BCUT2D eigenvalue weighted by Gasteiger charge is -2.01. The molecule has 5 nitrogen and oxygen atoms in total. The number of nitrogens with one attached hydrogen (secondary N) is 2. The zero-order valence-corrected chi connectivity index (χ0v) is 14.2. The summed E-state index contributed by atoms with van der Waals surface area (Å²) in [5, 5.41) is 2.84. The first-order chi connectivity index (χ1) is 11.1. The van der Waals surface area contributed by atoms with Gasteiger partial charge in [-0.3, -0.25) is 4.79 Å². The number of aromatic amines is 1. The van der Waals surface area contributed by atoms with E-state index in [2.05, 4.69) is 31.2 Å². The first kappa shape index (κ1) is 15.6. The molecule has 6 heteroatoms. The predicted molar refractivity (Wildman–Crippen MR) is 91.2 cm³/mol. The molecule has 1 amide bonds. The van der Waals surface area contributed by atoms with Gasteiger partial charge in [0, 0.05) is 29.2 Å². The summed E-state index contributed by atoms with van der Waals surface area (Å²) in [5.74, 6) is 0.456. The Hall–Kier alpha value is -2.34. The molecule has 0 atom stereocenters. The Bertz CT molecular complexity index is 805. The highest BCUT2D eigenvalue weighted by molar-refractivity contribution is 9.10. The van der Waals surface area contributed by atoms with Crippen LogP contribution in [0.2, 0.25) is 0 Å². The fourth-order valence-electron chi connectivity index (χ4n) is 2.15. The molecule has 2 N–H and O–H groups in total. The Kier molecular flexibility index (Phi) is 4.62. The molecule has 2 heterocycles. The number of oxazole rings is 1. The minimum atomic E-state index is -0.141. The fourth-order valence-corrected chi connectivity index (χ4v) is 2.49. The third kappa shape index (κ3) is 3.90. The molecule has 0 radical (unpaired) electrons. The standard InChI is InChI=1S/C17H16BrN3O2/c1-11-2-4-12(5-3-11)17-21-14(10-23-17)6-7-19-16(22)15-8-13(18)9-20-15/h2-5,8-10,20H,6-7H2,1H3,(H,19,22). The van der Waals surface area contributed by atoms with Crippen LogP contribution in [0.3, 0.4) is 0 Å². The number of rotatable bonds is 5. The quantitative estimate of drug-likeness (QED) is 0.715. The lowest BCUT2D eigenvalue weighted by Crippen LogP contribution is -2.26. The van der Waals surface area contributed by atoms with E-state index in [1.807, 2.05) is 31.2 Å². The first-order valence-corrected chi connectivity index (χ1v) is 8.04. The molecule has 1 aromatic carbocycles. The van der Waals surface area contributed by atoms with Gasteiger partial charge in [-0.05, 0) is 41.1 Å². The van der Waals surface area contributed by atoms with Crippen LogP contribution in [0.4, 0.5) is 0 Å². The van der Waals surface area contributed by atoms with Gasteiger partial charge in [0.25, 0.3) is 5.91 Å². The number of carbonyl (C=O) groups is 1. The van der Waals surface area contributed by atoms with Crippen LogP contribution in [0.5, 0.6) is 0 Å². The van der Waals surface area contributed by atoms with Crippen LogP contribution >= 0.6 is 15.9 Å². The number of benzene rings is 1. The summed E-state index contributed by atoms with van der Waals surface area (Å²) in [5.41, 5.74) is 3.48. The van der Waals surface area contributed by atoms with Crippen LogP contribution in [0.15, 0.2) is 51.7 Å². The van der Waals surface area contributed by atoms with Gasteiger partial charge in [-0.25, -0.2) is 4.98 Å². The summed E-state index contributed by atoms with van der Waals surface area (Å²) in [6.45, 7) is 2.53. The molecule has 2 aromatic heterocycles. The van der Waals surface area contributed by atoms with Crippen molar-refractivity contribution in [1.82, 2.24) is 15.3 Å². The molecule has 0 unspecified atom stereocenters. The van der Waals surface area contributed by atoms with Crippen molar-refractivity contribution in [3.8, 4) is 11.5 Å². The molecule has 0 aliphatic rings. The van der Waals surface area contributed by atoms with Crippen LogP contribution in [0, 0.1) is 6.92 Å². The minimum Gasteiger partial charge on any atom is -0.444 e. The van der Waals surface area contributed by atoms with Crippen LogP contribution in [-0.4, -0.2) is 22.4 Å². The van der Waals surface area contributed by atoms with Gasteiger partial charge in [0.2, 0.25) is 5.89 Å². The topological polar surface area (TPSA) is 70.9 Å². The van der Waals surface area contributed by atoms with E-state index in [-0.39, 0.29) is 5.91 Å². The van der Waals surface area contributed by atoms with Gasteiger partial charge in [0.15, 0.2) is 0 Å². The number of aryl methyl sites for hydroxylation is 1. The monoisotopic (exact) mass is 373 g/mol. The molecule has 3 aromatic rings. The highest BCUT2D eigenvalue weighted by Gasteiger charge is 2.09. The fraction of sp³-hybridized carbons (Fsp3) is 0.176. The summed E-state index contributed by atoms with van der Waals surface area (Å²) in [6, 6.07) is 9.74. The molecule has 23 heavy (non-hydrogen) atoms.